The smallest absolute Gasteiger partial charge is 0.157 e. The molecule has 0 saturated heterocycles. The number of amidine groups is 2. The lowest BCUT2D eigenvalue weighted by molar-refractivity contribution is 0.668. The zero-order valence-corrected chi connectivity index (χ0v) is 29.2. The quantitative estimate of drug-likeness (QED) is 0.139. The van der Waals surface area contributed by atoms with Crippen molar-refractivity contribution >= 4 is 66.3 Å². The van der Waals surface area contributed by atoms with Crippen LogP contribution in [0.25, 0.3) is 76.9 Å². The average Bonchev–Trinajstić information content (AvgIpc) is 3.82. The maximum Gasteiger partial charge on any atom is 0.157 e. The van der Waals surface area contributed by atoms with Gasteiger partial charge in [-0.1, -0.05) is 146 Å². The number of hydrogen-bond donors (Lipinski definition) is 1. The van der Waals surface area contributed by atoms with Crippen molar-refractivity contribution in [2.45, 2.75) is 6.54 Å². The standard InChI is InChI=1S/C49H33N3O2/c50-48(34-23-21-32(22-24-34)31-11-3-1-4-12-31)52-49(35-14-5-2-6-15-35)51-30-37-16-9-19-43-45(37)41-29-36(26-28-42(41)53-43)38-18-10-20-44-46(38)40-27-25-33-13-7-8-17-39(33)47(40)54-44/h1-29H,30H2,(H2,50,51,52). The van der Waals surface area contributed by atoms with Gasteiger partial charge in [0, 0.05) is 38.1 Å². The molecular formula is C49H33N3O2. The summed E-state index contributed by atoms with van der Waals surface area (Å²) >= 11 is 0. The second kappa shape index (κ2) is 13.1. The van der Waals surface area contributed by atoms with Gasteiger partial charge in [0.25, 0.3) is 0 Å². The highest BCUT2D eigenvalue weighted by atomic mass is 16.3. The van der Waals surface area contributed by atoms with Crippen LogP contribution in [-0.2, 0) is 6.54 Å². The molecule has 0 spiro atoms. The topological polar surface area (TPSA) is 77.0 Å². The summed E-state index contributed by atoms with van der Waals surface area (Å²) in [6.45, 7) is 0.388. The molecule has 0 aliphatic heterocycles. The summed E-state index contributed by atoms with van der Waals surface area (Å²) in [5.41, 5.74) is 17.3. The zero-order chi connectivity index (χ0) is 36.0. The first-order chi connectivity index (χ1) is 26.7. The van der Waals surface area contributed by atoms with Crippen molar-refractivity contribution in [2.24, 2.45) is 15.7 Å². The van der Waals surface area contributed by atoms with Crippen LogP contribution in [-0.4, -0.2) is 11.7 Å². The lowest BCUT2D eigenvalue weighted by atomic mass is 9.96. The number of hydrogen-bond acceptors (Lipinski definition) is 3. The predicted molar refractivity (Wildman–Crippen MR) is 223 cm³/mol. The van der Waals surface area contributed by atoms with E-state index in [0.29, 0.717) is 18.2 Å². The summed E-state index contributed by atoms with van der Waals surface area (Å²) < 4.78 is 12.9. The Morgan fingerprint density at radius 2 is 1.19 bits per heavy atom. The van der Waals surface area contributed by atoms with Crippen LogP contribution in [0.2, 0.25) is 0 Å². The van der Waals surface area contributed by atoms with E-state index in [1.165, 1.54) is 0 Å². The third kappa shape index (κ3) is 5.51. The summed E-state index contributed by atoms with van der Waals surface area (Å²) in [5, 5.41) is 6.55. The zero-order valence-electron chi connectivity index (χ0n) is 29.2. The number of benzene rings is 8. The first-order valence-corrected chi connectivity index (χ1v) is 18.1. The van der Waals surface area contributed by atoms with Crippen LogP contribution in [0, 0.1) is 0 Å². The SMILES string of the molecule is NC(=NC(=NCc1cccc2oc3ccc(-c4cccc5oc6c7ccccc7ccc6c45)cc3c12)c1ccccc1)c1ccc(-c2ccccc2)cc1. The number of furan rings is 2. The lowest BCUT2D eigenvalue weighted by Gasteiger charge is -2.08. The number of nitrogens with two attached hydrogens (primary N) is 1. The van der Waals surface area contributed by atoms with E-state index in [1.54, 1.807) is 0 Å². The molecule has 5 heteroatoms. The van der Waals surface area contributed by atoms with Crippen LogP contribution in [0.3, 0.4) is 0 Å². The van der Waals surface area contributed by atoms with Crippen LogP contribution in [0.5, 0.6) is 0 Å². The molecule has 0 fully saturated rings. The fourth-order valence-corrected chi connectivity index (χ4v) is 7.57. The summed E-state index contributed by atoms with van der Waals surface area (Å²) in [4.78, 5) is 10.00. The second-order valence-corrected chi connectivity index (χ2v) is 13.5. The Bertz CT molecular complexity index is 3060. The molecule has 10 rings (SSSR count). The Balaban J connectivity index is 1.05. The van der Waals surface area contributed by atoms with Gasteiger partial charge in [-0.25, -0.2) is 4.99 Å². The summed E-state index contributed by atoms with van der Waals surface area (Å²) in [6, 6.07) is 60.0. The Hall–Kier alpha value is -7.24. The van der Waals surface area contributed by atoms with Crippen LogP contribution >= 0.6 is 0 Å². The molecule has 10 aromatic rings. The first kappa shape index (κ1) is 31.5. The highest BCUT2D eigenvalue weighted by molar-refractivity contribution is 6.20. The number of rotatable bonds is 6. The van der Waals surface area contributed by atoms with Crippen molar-refractivity contribution in [3.05, 3.63) is 193 Å². The molecule has 8 aromatic carbocycles. The van der Waals surface area contributed by atoms with Gasteiger partial charge in [0.1, 0.15) is 28.2 Å². The van der Waals surface area contributed by atoms with Crippen molar-refractivity contribution < 1.29 is 8.83 Å². The minimum Gasteiger partial charge on any atom is -0.456 e. The second-order valence-electron chi connectivity index (χ2n) is 13.5. The first-order valence-electron chi connectivity index (χ1n) is 18.1. The molecule has 0 unspecified atom stereocenters. The van der Waals surface area contributed by atoms with Crippen molar-refractivity contribution in [1.29, 1.82) is 0 Å². The van der Waals surface area contributed by atoms with E-state index in [2.05, 4.69) is 103 Å². The van der Waals surface area contributed by atoms with Crippen LogP contribution in [0.15, 0.2) is 195 Å². The monoisotopic (exact) mass is 695 g/mol. The minimum absolute atomic E-state index is 0.388. The van der Waals surface area contributed by atoms with Crippen LogP contribution in [0.4, 0.5) is 0 Å². The van der Waals surface area contributed by atoms with Crippen molar-refractivity contribution in [3.63, 3.8) is 0 Å². The molecular weight excluding hydrogens is 663 g/mol. The van der Waals surface area contributed by atoms with E-state index in [0.717, 1.165) is 93.6 Å². The molecule has 0 aliphatic rings. The summed E-state index contributed by atoms with van der Waals surface area (Å²) in [5.74, 6) is 0.972. The van der Waals surface area contributed by atoms with E-state index < -0.39 is 0 Å². The highest BCUT2D eigenvalue weighted by Crippen LogP contribution is 2.41. The molecule has 2 N–H and O–H groups in total. The largest absolute Gasteiger partial charge is 0.456 e. The molecule has 0 saturated carbocycles. The molecule has 2 aromatic heterocycles. The van der Waals surface area contributed by atoms with Crippen LogP contribution < -0.4 is 5.73 Å². The van der Waals surface area contributed by atoms with Gasteiger partial charge in [0.15, 0.2) is 5.84 Å². The van der Waals surface area contributed by atoms with E-state index in [1.807, 2.05) is 72.8 Å². The van der Waals surface area contributed by atoms with Crippen molar-refractivity contribution in [3.8, 4) is 22.3 Å². The fourth-order valence-electron chi connectivity index (χ4n) is 7.57. The Kier molecular flexibility index (Phi) is 7.62. The van der Waals surface area contributed by atoms with E-state index in [-0.39, 0.29) is 0 Å². The Morgan fingerprint density at radius 1 is 0.481 bits per heavy atom. The average molecular weight is 696 g/mol. The lowest BCUT2D eigenvalue weighted by Crippen LogP contribution is -2.16. The van der Waals surface area contributed by atoms with Gasteiger partial charge in [0.05, 0.1) is 6.54 Å². The van der Waals surface area contributed by atoms with E-state index >= 15 is 0 Å². The third-order valence-corrected chi connectivity index (χ3v) is 10.2. The van der Waals surface area contributed by atoms with Gasteiger partial charge in [-0.2, -0.15) is 0 Å². The molecule has 5 nitrogen and oxygen atoms in total. The Labute approximate surface area is 311 Å². The molecule has 0 aliphatic carbocycles. The van der Waals surface area contributed by atoms with Crippen LogP contribution in [0.1, 0.15) is 16.7 Å². The minimum atomic E-state index is 0.388. The maximum absolute atomic E-state index is 6.65. The van der Waals surface area contributed by atoms with Gasteiger partial charge in [-0.3, -0.25) is 4.99 Å². The molecule has 0 radical (unpaired) electrons. The highest BCUT2D eigenvalue weighted by Gasteiger charge is 2.17. The Morgan fingerprint density at radius 3 is 2.02 bits per heavy atom. The van der Waals surface area contributed by atoms with E-state index in [9.17, 15) is 0 Å². The van der Waals surface area contributed by atoms with Gasteiger partial charge in [-0.05, 0) is 63.5 Å². The molecule has 0 amide bonds. The normalized spacial score (nSPS) is 12.4. The van der Waals surface area contributed by atoms with Gasteiger partial charge >= 0.3 is 0 Å². The molecule has 256 valence electrons. The fraction of sp³-hybridized carbons (Fsp3) is 0.0204. The van der Waals surface area contributed by atoms with Crippen molar-refractivity contribution in [2.75, 3.05) is 0 Å². The van der Waals surface area contributed by atoms with Gasteiger partial charge in [0.2, 0.25) is 0 Å². The molecule has 54 heavy (non-hydrogen) atoms. The van der Waals surface area contributed by atoms with Gasteiger partial charge in [-0.15, -0.1) is 0 Å². The molecule has 0 bridgehead atoms. The maximum atomic E-state index is 6.65. The summed E-state index contributed by atoms with van der Waals surface area (Å²) in [7, 11) is 0. The number of aliphatic imine (C=N–C) groups is 2. The van der Waals surface area contributed by atoms with E-state index in [4.69, 9.17) is 24.6 Å². The van der Waals surface area contributed by atoms with Crippen molar-refractivity contribution in [1.82, 2.24) is 0 Å². The van der Waals surface area contributed by atoms with Gasteiger partial charge < -0.3 is 14.6 Å². The predicted octanol–water partition coefficient (Wildman–Crippen LogP) is 12.3. The molecule has 0 atom stereocenters. The third-order valence-electron chi connectivity index (χ3n) is 10.2. The molecule has 2 heterocycles. The summed E-state index contributed by atoms with van der Waals surface area (Å²) in [6.07, 6.45) is 0. The number of fused-ring (bicyclic) bond motifs is 8. The number of nitrogens with zero attached hydrogens (tertiary/aromatic N) is 2.